The van der Waals surface area contributed by atoms with E-state index in [1.54, 1.807) is 0 Å². The Bertz CT molecular complexity index is 262. The highest BCUT2D eigenvalue weighted by Crippen LogP contribution is 2.25. The number of hydrogen-bond donors (Lipinski definition) is 0. The molecule has 12 heavy (non-hydrogen) atoms. The summed E-state index contributed by atoms with van der Waals surface area (Å²) in [5, 5.41) is 0. The van der Waals surface area contributed by atoms with E-state index in [0.717, 1.165) is 10.4 Å². The van der Waals surface area contributed by atoms with Crippen molar-refractivity contribution in [2.75, 3.05) is 18.0 Å². The van der Waals surface area contributed by atoms with E-state index in [0.29, 0.717) is 0 Å². The predicted molar refractivity (Wildman–Crippen MR) is 55.5 cm³/mol. The summed E-state index contributed by atoms with van der Waals surface area (Å²) in [7, 11) is 0. The van der Waals surface area contributed by atoms with Crippen LogP contribution in [0.2, 0.25) is 0 Å². The highest BCUT2D eigenvalue weighted by Gasteiger charge is 2.21. The number of halogens is 1. The number of benzene rings is 1. The van der Waals surface area contributed by atoms with Gasteiger partial charge in [-0.15, -0.1) is 0 Å². The molecule has 2 rings (SSSR count). The minimum Gasteiger partial charge on any atom is -0.371 e. The van der Waals surface area contributed by atoms with Crippen LogP contribution in [-0.4, -0.2) is 13.1 Å². The molecule has 0 aromatic heterocycles. The molecule has 0 N–H and O–H groups in total. The predicted octanol–water partition coefficient (Wildman–Crippen LogP) is 2.91. The van der Waals surface area contributed by atoms with Crippen molar-refractivity contribution in [1.29, 1.82) is 0 Å². The number of rotatable bonds is 1. The first-order chi connectivity index (χ1) is 5.75. The van der Waals surface area contributed by atoms with Crippen molar-refractivity contribution in [3.8, 4) is 0 Å². The quantitative estimate of drug-likeness (QED) is 0.711. The van der Waals surface area contributed by atoms with Crippen LogP contribution in [0.5, 0.6) is 0 Å². The number of anilines is 1. The van der Waals surface area contributed by atoms with Crippen molar-refractivity contribution in [3.05, 3.63) is 28.7 Å². The van der Waals surface area contributed by atoms with Crippen LogP contribution in [0.4, 0.5) is 5.69 Å². The molecule has 1 aliphatic rings. The van der Waals surface area contributed by atoms with Crippen LogP contribution < -0.4 is 4.90 Å². The molecule has 2 heteroatoms. The van der Waals surface area contributed by atoms with E-state index >= 15 is 0 Å². The Morgan fingerprint density at radius 2 is 1.83 bits per heavy atom. The van der Waals surface area contributed by atoms with Gasteiger partial charge in [0.2, 0.25) is 0 Å². The Labute approximate surface area is 81.5 Å². The number of hydrogen-bond acceptors (Lipinski definition) is 1. The van der Waals surface area contributed by atoms with Crippen LogP contribution in [0, 0.1) is 5.92 Å². The molecule has 1 fully saturated rings. The molecule has 1 aliphatic heterocycles. The zero-order chi connectivity index (χ0) is 8.55. The van der Waals surface area contributed by atoms with Gasteiger partial charge in [-0.25, -0.2) is 0 Å². The van der Waals surface area contributed by atoms with Gasteiger partial charge in [0.1, 0.15) is 0 Å². The first-order valence-electron chi connectivity index (χ1n) is 4.26. The molecule has 0 aliphatic carbocycles. The lowest BCUT2D eigenvalue weighted by Gasteiger charge is -2.39. The Kier molecular flexibility index (Phi) is 2.09. The van der Waals surface area contributed by atoms with Gasteiger partial charge < -0.3 is 4.90 Å². The summed E-state index contributed by atoms with van der Waals surface area (Å²) < 4.78 is 1.15. The lowest BCUT2D eigenvalue weighted by atomic mass is 10.0. The maximum atomic E-state index is 3.43. The Hall–Kier alpha value is -0.500. The van der Waals surface area contributed by atoms with Gasteiger partial charge in [0.05, 0.1) is 0 Å². The minimum atomic E-state index is 0.869. The molecular formula is C10H12BrN. The minimum absolute atomic E-state index is 0.869. The smallest absolute Gasteiger partial charge is 0.0367 e. The fourth-order valence-corrected chi connectivity index (χ4v) is 1.83. The summed E-state index contributed by atoms with van der Waals surface area (Å²) in [6.45, 7) is 4.71. The first-order valence-corrected chi connectivity index (χ1v) is 5.05. The highest BCUT2D eigenvalue weighted by atomic mass is 79.9. The molecule has 0 unspecified atom stereocenters. The summed E-state index contributed by atoms with van der Waals surface area (Å²) in [5.41, 5.74) is 1.34. The zero-order valence-electron chi connectivity index (χ0n) is 7.13. The van der Waals surface area contributed by atoms with Gasteiger partial charge >= 0.3 is 0 Å². The van der Waals surface area contributed by atoms with E-state index in [4.69, 9.17) is 0 Å². The molecule has 1 nitrogen and oxygen atoms in total. The van der Waals surface area contributed by atoms with E-state index in [9.17, 15) is 0 Å². The van der Waals surface area contributed by atoms with Gasteiger partial charge in [-0.1, -0.05) is 22.9 Å². The van der Waals surface area contributed by atoms with Crippen LogP contribution in [0.3, 0.4) is 0 Å². The average Bonchev–Trinajstić information content (AvgIpc) is 2.01. The van der Waals surface area contributed by atoms with Gasteiger partial charge in [0.15, 0.2) is 0 Å². The molecule has 0 spiro atoms. The van der Waals surface area contributed by atoms with Gasteiger partial charge in [-0.2, -0.15) is 0 Å². The van der Waals surface area contributed by atoms with Crippen molar-refractivity contribution in [2.24, 2.45) is 5.92 Å². The molecule has 1 aromatic carbocycles. The van der Waals surface area contributed by atoms with Crippen LogP contribution >= 0.6 is 15.9 Å². The summed E-state index contributed by atoms with van der Waals surface area (Å²) in [4.78, 5) is 2.40. The second-order valence-corrected chi connectivity index (χ2v) is 4.40. The third-order valence-electron chi connectivity index (χ3n) is 2.26. The van der Waals surface area contributed by atoms with Crippen LogP contribution in [0.15, 0.2) is 28.7 Å². The molecule has 0 amide bonds. The summed E-state index contributed by atoms with van der Waals surface area (Å²) in [6, 6.07) is 8.52. The first kappa shape index (κ1) is 8.11. The summed E-state index contributed by atoms with van der Waals surface area (Å²) in [6.07, 6.45) is 0. The second-order valence-electron chi connectivity index (χ2n) is 3.49. The maximum Gasteiger partial charge on any atom is 0.0367 e. The lowest BCUT2D eigenvalue weighted by Crippen LogP contribution is -2.45. The molecule has 1 aromatic rings. The lowest BCUT2D eigenvalue weighted by molar-refractivity contribution is 0.447. The summed E-state index contributed by atoms with van der Waals surface area (Å²) >= 11 is 3.43. The van der Waals surface area contributed by atoms with E-state index in [1.807, 2.05) is 0 Å². The molecule has 0 atom stereocenters. The second kappa shape index (κ2) is 3.09. The maximum absolute atomic E-state index is 3.43. The molecule has 0 radical (unpaired) electrons. The summed E-state index contributed by atoms with van der Waals surface area (Å²) in [5.74, 6) is 0.869. The van der Waals surface area contributed by atoms with Crippen molar-refractivity contribution in [1.82, 2.24) is 0 Å². The molecule has 1 heterocycles. The van der Waals surface area contributed by atoms with Crippen molar-refractivity contribution >= 4 is 21.6 Å². The standard InChI is InChI=1S/C10H12BrN/c1-8-6-12(7-8)10-4-2-9(11)3-5-10/h2-5,8H,6-7H2,1H3. The normalized spacial score (nSPS) is 17.7. The van der Waals surface area contributed by atoms with E-state index < -0.39 is 0 Å². The monoisotopic (exact) mass is 225 g/mol. The fourth-order valence-electron chi connectivity index (χ4n) is 1.56. The highest BCUT2D eigenvalue weighted by molar-refractivity contribution is 9.10. The average molecular weight is 226 g/mol. The third kappa shape index (κ3) is 1.48. The van der Waals surface area contributed by atoms with Crippen molar-refractivity contribution in [2.45, 2.75) is 6.92 Å². The largest absolute Gasteiger partial charge is 0.371 e. The third-order valence-corrected chi connectivity index (χ3v) is 2.78. The fraction of sp³-hybridized carbons (Fsp3) is 0.400. The molecule has 0 bridgehead atoms. The molecule has 0 saturated carbocycles. The topological polar surface area (TPSA) is 3.24 Å². The molecular weight excluding hydrogens is 214 g/mol. The SMILES string of the molecule is CC1CN(c2ccc(Br)cc2)C1. The van der Waals surface area contributed by atoms with Crippen molar-refractivity contribution in [3.63, 3.8) is 0 Å². The van der Waals surface area contributed by atoms with Gasteiger partial charge in [-0.3, -0.25) is 0 Å². The van der Waals surface area contributed by atoms with E-state index in [2.05, 4.69) is 52.0 Å². The Morgan fingerprint density at radius 3 is 2.33 bits per heavy atom. The van der Waals surface area contributed by atoms with Crippen LogP contribution in [0.1, 0.15) is 6.92 Å². The van der Waals surface area contributed by atoms with Crippen LogP contribution in [-0.2, 0) is 0 Å². The van der Waals surface area contributed by atoms with Crippen LogP contribution in [0.25, 0.3) is 0 Å². The van der Waals surface area contributed by atoms with E-state index in [-0.39, 0.29) is 0 Å². The van der Waals surface area contributed by atoms with Gasteiger partial charge in [-0.05, 0) is 30.2 Å². The number of nitrogens with zero attached hydrogens (tertiary/aromatic N) is 1. The zero-order valence-corrected chi connectivity index (χ0v) is 8.71. The van der Waals surface area contributed by atoms with E-state index in [1.165, 1.54) is 18.8 Å². The van der Waals surface area contributed by atoms with Gasteiger partial charge in [0.25, 0.3) is 0 Å². The molecule has 64 valence electrons. The Balaban J connectivity index is 2.09. The van der Waals surface area contributed by atoms with Crippen molar-refractivity contribution < 1.29 is 0 Å². The molecule has 1 saturated heterocycles. The Morgan fingerprint density at radius 1 is 1.25 bits per heavy atom. The van der Waals surface area contributed by atoms with Gasteiger partial charge in [0, 0.05) is 23.2 Å².